The molecule has 3 rings (SSSR count). The summed E-state index contributed by atoms with van der Waals surface area (Å²) in [5, 5.41) is 9.05. The number of hydrogen-bond acceptors (Lipinski definition) is 3. The molecule has 0 aliphatic heterocycles. The maximum atomic E-state index is 11.0. The van der Waals surface area contributed by atoms with Gasteiger partial charge in [-0.25, -0.2) is 0 Å². The summed E-state index contributed by atoms with van der Waals surface area (Å²) in [4.78, 5) is 11.0. The lowest BCUT2D eigenvalue weighted by Gasteiger charge is -2.09. The second-order valence-electron chi connectivity index (χ2n) is 5.28. The topological polar surface area (TPSA) is 55.8 Å². The van der Waals surface area contributed by atoms with Crippen molar-refractivity contribution in [2.45, 2.75) is 16.6 Å². The van der Waals surface area contributed by atoms with Crippen molar-refractivity contribution >= 4 is 51.2 Å². The predicted octanol–water partition coefficient (Wildman–Crippen LogP) is 4.14. The summed E-state index contributed by atoms with van der Waals surface area (Å²) in [6, 6.07) is 15.5. The highest BCUT2D eigenvalue weighted by molar-refractivity contribution is 14.1. The van der Waals surface area contributed by atoms with Gasteiger partial charge in [-0.15, -0.1) is 0 Å². The summed E-state index contributed by atoms with van der Waals surface area (Å²) in [6.45, 7) is 0.483. The molecule has 0 saturated heterocycles. The average molecular weight is 536 g/mol. The van der Waals surface area contributed by atoms with E-state index in [-0.39, 0.29) is 10.0 Å². The van der Waals surface area contributed by atoms with Gasteiger partial charge in [0.25, 0.3) is 0 Å². The van der Waals surface area contributed by atoms with Crippen LogP contribution in [0.3, 0.4) is 0 Å². The standard InChI is InChI=1S/C17H14I2O4/c18-11-4-1-3-10(7-11)9-22-12-5-2-6-13(8-12)23-16-14(15(16)19)17(20)21/h1-8,14-16H,9H2,(H,20,21)/t14-,15-,16+/m1/s1. The molecule has 2 aromatic carbocycles. The number of alkyl halides is 1. The molecule has 6 heteroatoms. The van der Waals surface area contributed by atoms with Crippen LogP contribution in [-0.4, -0.2) is 21.1 Å². The van der Waals surface area contributed by atoms with E-state index in [2.05, 4.69) is 51.2 Å². The number of carboxylic acid groups (broad SMARTS) is 1. The van der Waals surface area contributed by atoms with Crippen LogP contribution >= 0.6 is 45.2 Å². The molecule has 1 aliphatic rings. The first kappa shape index (κ1) is 16.8. The van der Waals surface area contributed by atoms with E-state index in [4.69, 9.17) is 14.6 Å². The Hall–Kier alpha value is -1.03. The van der Waals surface area contributed by atoms with Crippen LogP contribution in [0.15, 0.2) is 48.5 Å². The number of hydrogen-bond donors (Lipinski definition) is 1. The molecule has 0 aromatic heterocycles. The fourth-order valence-electron chi connectivity index (χ4n) is 2.25. The highest BCUT2D eigenvalue weighted by atomic mass is 127. The first-order chi connectivity index (χ1) is 11.0. The molecule has 4 nitrogen and oxygen atoms in total. The minimum Gasteiger partial charge on any atom is -0.489 e. The smallest absolute Gasteiger partial charge is 0.311 e. The Kier molecular flexibility index (Phi) is 5.30. The van der Waals surface area contributed by atoms with Crippen LogP contribution in [0.4, 0.5) is 0 Å². The third kappa shape index (κ3) is 4.28. The molecule has 1 N–H and O–H groups in total. The monoisotopic (exact) mass is 536 g/mol. The molecule has 0 spiro atoms. The van der Waals surface area contributed by atoms with E-state index in [0.717, 1.165) is 5.56 Å². The number of halogens is 2. The van der Waals surface area contributed by atoms with Crippen molar-refractivity contribution in [3.05, 3.63) is 57.7 Å². The van der Waals surface area contributed by atoms with Gasteiger partial charge in [0.2, 0.25) is 0 Å². The molecule has 1 aliphatic carbocycles. The van der Waals surface area contributed by atoms with Crippen LogP contribution in [-0.2, 0) is 11.4 Å². The molecule has 120 valence electrons. The number of carboxylic acids is 1. The average Bonchev–Trinajstić information content (AvgIpc) is 3.15. The molecule has 0 radical (unpaired) electrons. The highest BCUT2D eigenvalue weighted by Gasteiger charge is 2.56. The Morgan fingerprint density at radius 2 is 1.87 bits per heavy atom. The van der Waals surface area contributed by atoms with E-state index in [1.54, 1.807) is 6.07 Å². The van der Waals surface area contributed by atoms with Gasteiger partial charge in [-0.1, -0.05) is 40.8 Å². The molecule has 0 amide bonds. The summed E-state index contributed by atoms with van der Waals surface area (Å²) >= 11 is 4.39. The lowest BCUT2D eigenvalue weighted by atomic mass is 10.2. The summed E-state index contributed by atoms with van der Waals surface area (Å²) in [5.41, 5.74) is 1.10. The van der Waals surface area contributed by atoms with Crippen molar-refractivity contribution in [2.75, 3.05) is 0 Å². The van der Waals surface area contributed by atoms with Gasteiger partial charge in [0, 0.05) is 9.64 Å². The highest BCUT2D eigenvalue weighted by Crippen LogP contribution is 2.42. The SMILES string of the molecule is O=C(O)[C@@H]1[C@@H](I)[C@H]1Oc1cccc(OCc2cccc(I)c2)c1. The fourth-order valence-corrected chi connectivity index (χ4v) is 3.93. The molecule has 1 fully saturated rings. The van der Waals surface area contributed by atoms with Crippen molar-refractivity contribution in [1.82, 2.24) is 0 Å². The van der Waals surface area contributed by atoms with E-state index < -0.39 is 11.9 Å². The molecule has 0 heterocycles. The first-order valence-corrected chi connectivity index (χ1v) is 9.38. The van der Waals surface area contributed by atoms with Gasteiger partial charge in [-0.2, -0.15) is 0 Å². The molecule has 23 heavy (non-hydrogen) atoms. The van der Waals surface area contributed by atoms with Crippen LogP contribution in [0.1, 0.15) is 5.56 Å². The van der Waals surface area contributed by atoms with E-state index in [1.165, 1.54) is 3.57 Å². The van der Waals surface area contributed by atoms with Gasteiger partial charge < -0.3 is 14.6 Å². The second-order valence-corrected chi connectivity index (χ2v) is 7.97. The van der Waals surface area contributed by atoms with Gasteiger partial charge >= 0.3 is 5.97 Å². The minimum atomic E-state index is -0.805. The normalized spacial score (nSPS) is 22.4. The Labute approximate surface area is 161 Å². The number of aliphatic carboxylic acids is 1. The first-order valence-electron chi connectivity index (χ1n) is 7.05. The van der Waals surface area contributed by atoms with Crippen LogP contribution < -0.4 is 9.47 Å². The maximum absolute atomic E-state index is 11.0. The third-order valence-corrected chi connectivity index (χ3v) is 5.68. The second kappa shape index (κ2) is 7.25. The third-order valence-electron chi connectivity index (χ3n) is 3.53. The number of rotatable bonds is 6. The van der Waals surface area contributed by atoms with Crippen molar-refractivity contribution in [3.8, 4) is 11.5 Å². The molecule has 2 aromatic rings. The van der Waals surface area contributed by atoms with E-state index in [9.17, 15) is 4.79 Å². The summed E-state index contributed by atoms with van der Waals surface area (Å²) in [6.07, 6.45) is -0.265. The van der Waals surface area contributed by atoms with E-state index >= 15 is 0 Å². The fraction of sp³-hybridized carbons (Fsp3) is 0.235. The molecule has 0 bridgehead atoms. The van der Waals surface area contributed by atoms with Crippen LogP contribution in [0, 0.1) is 9.49 Å². The molecule has 1 saturated carbocycles. The summed E-state index contributed by atoms with van der Waals surface area (Å²) < 4.78 is 12.7. The van der Waals surface area contributed by atoms with Gasteiger partial charge in [-0.3, -0.25) is 4.79 Å². The number of carbonyl (C=O) groups is 1. The quantitative estimate of drug-likeness (QED) is 0.446. The predicted molar refractivity (Wildman–Crippen MR) is 103 cm³/mol. The largest absolute Gasteiger partial charge is 0.489 e. The minimum absolute atomic E-state index is 0.0149. The van der Waals surface area contributed by atoms with E-state index in [0.29, 0.717) is 18.1 Å². The van der Waals surface area contributed by atoms with Gasteiger partial charge in [-0.05, 0) is 52.4 Å². The van der Waals surface area contributed by atoms with Crippen LogP contribution in [0.25, 0.3) is 0 Å². The van der Waals surface area contributed by atoms with Gasteiger partial charge in [0.15, 0.2) is 0 Å². The summed E-state index contributed by atoms with van der Waals surface area (Å²) in [7, 11) is 0. The molecular weight excluding hydrogens is 522 g/mol. The Morgan fingerprint density at radius 3 is 2.57 bits per heavy atom. The lowest BCUT2D eigenvalue weighted by Crippen LogP contribution is -2.07. The zero-order valence-corrected chi connectivity index (χ0v) is 16.3. The Bertz CT molecular complexity index is 719. The van der Waals surface area contributed by atoms with Gasteiger partial charge in [0.1, 0.15) is 30.1 Å². The molecule has 0 unspecified atom stereocenters. The summed E-state index contributed by atoms with van der Waals surface area (Å²) in [5.74, 6) is 0.117. The molecular formula is C17H14I2O4. The van der Waals surface area contributed by atoms with Crippen molar-refractivity contribution in [1.29, 1.82) is 0 Å². The molecule has 3 atom stereocenters. The maximum Gasteiger partial charge on any atom is 0.311 e. The number of ether oxygens (including phenoxy) is 2. The Morgan fingerprint density at radius 1 is 1.13 bits per heavy atom. The van der Waals surface area contributed by atoms with Crippen molar-refractivity contribution in [2.24, 2.45) is 5.92 Å². The van der Waals surface area contributed by atoms with Crippen molar-refractivity contribution in [3.63, 3.8) is 0 Å². The number of benzene rings is 2. The van der Waals surface area contributed by atoms with Crippen LogP contribution in [0.2, 0.25) is 0 Å². The zero-order valence-electron chi connectivity index (χ0n) is 12.0. The lowest BCUT2D eigenvalue weighted by molar-refractivity contribution is -0.139. The Balaban J connectivity index is 1.61. The zero-order chi connectivity index (χ0) is 16.4. The van der Waals surface area contributed by atoms with Gasteiger partial charge in [0.05, 0.1) is 3.92 Å². The van der Waals surface area contributed by atoms with Crippen LogP contribution in [0.5, 0.6) is 11.5 Å². The van der Waals surface area contributed by atoms with E-state index in [1.807, 2.05) is 36.4 Å². The van der Waals surface area contributed by atoms with Crippen molar-refractivity contribution < 1.29 is 19.4 Å².